The first-order chi connectivity index (χ1) is 14.1. The van der Waals surface area contributed by atoms with Crippen molar-refractivity contribution in [3.63, 3.8) is 0 Å². The third-order valence-electron chi connectivity index (χ3n) is 5.68. The summed E-state index contributed by atoms with van der Waals surface area (Å²) in [6, 6.07) is 11.4. The highest BCUT2D eigenvalue weighted by atomic mass is 19.1. The summed E-state index contributed by atoms with van der Waals surface area (Å²) in [6.45, 7) is 0.953. The number of Topliss-reactive ketones (excluding diaryl/α,β-unsaturated/α-hetero) is 1. The van der Waals surface area contributed by atoms with E-state index in [0.29, 0.717) is 30.3 Å². The van der Waals surface area contributed by atoms with Crippen molar-refractivity contribution in [3.8, 4) is 11.5 Å². The molecule has 0 atom stereocenters. The van der Waals surface area contributed by atoms with Gasteiger partial charge in [0.05, 0.1) is 5.54 Å². The zero-order valence-electron chi connectivity index (χ0n) is 16.2. The molecule has 0 bridgehead atoms. The second-order valence-corrected chi connectivity index (χ2v) is 7.63. The molecule has 0 radical (unpaired) electrons. The van der Waals surface area contributed by atoms with Crippen LogP contribution in [-0.4, -0.2) is 24.9 Å². The van der Waals surface area contributed by atoms with Gasteiger partial charge in [-0.15, -0.1) is 0 Å². The minimum atomic E-state index is -0.467. The molecule has 0 unspecified atom stereocenters. The predicted molar refractivity (Wildman–Crippen MR) is 106 cm³/mol. The first-order valence-corrected chi connectivity index (χ1v) is 10.1. The van der Waals surface area contributed by atoms with E-state index in [9.17, 15) is 14.0 Å². The fourth-order valence-electron chi connectivity index (χ4n) is 4.15. The van der Waals surface area contributed by atoms with Gasteiger partial charge in [0.2, 0.25) is 5.91 Å². The summed E-state index contributed by atoms with van der Waals surface area (Å²) in [5.41, 5.74) is 0.962. The van der Waals surface area contributed by atoms with Crippen molar-refractivity contribution in [2.45, 2.75) is 44.1 Å². The van der Waals surface area contributed by atoms with Gasteiger partial charge >= 0.3 is 0 Å². The van der Waals surface area contributed by atoms with Crippen molar-refractivity contribution >= 4 is 11.7 Å². The molecule has 2 aliphatic rings. The van der Waals surface area contributed by atoms with Crippen molar-refractivity contribution in [3.05, 3.63) is 59.4 Å². The lowest BCUT2D eigenvalue weighted by Crippen LogP contribution is -2.43. The summed E-state index contributed by atoms with van der Waals surface area (Å²) in [5, 5.41) is 3.13. The lowest BCUT2D eigenvalue weighted by molar-refractivity contribution is -0.123. The quantitative estimate of drug-likeness (QED) is 0.744. The number of carbonyl (C=O) groups excluding carboxylic acids is 2. The van der Waals surface area contributed by atoms with Crippen molar-refractivity contribution < 1.29 is 23.5 Å². The maximum absolute atomic E-state index is 13.3. The van der Waals surface area contributed by atoms with Gasteiger partial charge in [0.1, 0.15) is 19.0 Å². The maximum Gasteiger partial charge on any atom is 0.221 e. The van der Waals surface area contributed by atoms with Crippen molar-refractivity contribution in [1.29, 1.82) is 0 Å². The van der Waals surface area contributed by atoms with Gasteiger partial charge in [-0.05, 0) is 48.7 Å². The van der Waals surface area contributed by atoms with E-state index in [4.69, 9.17) is 9.47 Å². The van der Waals surface area contributed by atoms with Crippen LogP contribution in [0, 0.1) is 5.82 Å². The average molecular weight is 397 g/mol. The van der Waals surface area contributed by atoms with Gasteiger partial charge in [0.25, 0.3) is 0 Å². The van der Waals surface area contributed by atoms with Crippen LogP contribution in [0.25, 0.3) is 0 Å². The lowest BCUT2D eigenvalue weighted by Gasteiger charge is -2.31. The molecule has 1 saturated carbocycles. The van der Waals surface area contributed by atoms with E-state index < -0.39 is 5.54 Å². The van der Waals surface area contributed by atoms with E-state index >= 15 is 0 Å². The zero-order valence-corrected chi connectivity index (χ0v) is 16.2. The number of halogens is 1. The number of benzene rings is 2. The third kappa shape index (κ3) is 4.26. The van der Waals surface area contributed by atoms with Gasteiger partial charge in [-0.2, -0.15) is 0 Å². The van der Waals surface area contributed by atoms with Crippen LogP contribution >= 0.6 is 0 Å². The molecule has 1 aliphatic heterocycles. The Morgan fingerprint density at radius 2 is 1.62 bits per heavy atom. The fraction of sp³-hybridized carbons (Fsp3) is 0.391. The minimum absolute atomic E-state index is 0.107. The Bertz CT molecular complexity index is 904. The Morgan fingerprint density at radius 3 is 2.34 bits per heavy atom. The number of carbonyl (C=O) groups is 2. The van der Waals surface area contributed by atoms with E-state index in [2.05, 4.69) is 5.32 Å². The number of ether oxygens (including phenoxy) is 2. The van der Waals surface area contributed by atoms with Crippen LogP contribution in [-0.2, 0) is 10.3 Å². The van der Waals surface area contributed by atoms with E-state index in [1.807, 2.05) is 0 Å². The van der Waals surface area contributed by atoms with Crippen molar-refractivity contribution in [2.75, 3.05) is 13.2 Å². The summed E-state index contributed by atoms with van der Waals surface area (Å²) >= 11 is 0. The highest BCUT2D eigenvalue weighted by Crippen LogP contribution is 2.39. The molecule has 1 amide bonds. The molecule has 5 nitrogen and oxygen atoms in total. The SMILES string of the molecule is O=C(CCC(=O)c1ccc2c(c1)OCCO2)NC1(c2ccc(F)cc2)CCCC1. The molecule has 2 aromatic carbocycles. The third-order valence-corrected chi connectivity index (χ3v) is 5.68. The number of fused-ring (bicyclic) bond motifs is 1. The zero-order chi connectivity index (χ0) is 20.3. The van der Waals surface area contributed by atoms with Crippen LogP contribution in [0.5, 0.6) is 11.5 Å². The topological polar surface area (TPSA) is 64.6 Å². The molecule has 1 fully saturated rings. The van der Waals surface area contributed by atoms with E-state index in [1.54, 1.807) is 30.3 Å². The number of nitrogens with one attached hydrogen (secondary N) is 1. The van der Waals surface area contributed by atoms with Gasteiger partial charge in [-0.25, -0.2) is 4.39 Å². The Balaban J connectivity index is 1.38. The van der Waals surface area contributed by atoms with Crippen LogP contribution < -0.4 is 14.8 Å². The highest BCUT2D eigenvalue weighted by Gasteiger charge is 2.37. The van der Waals surface area contributed by atoms with Crippen LogP contribution in [0.15, 0.2) is 42.5 Å². The van der Waals surface area contributed by atoms with Gasteiger partial charge in [0.15, 0.2) is 17.3 Å². The minimum Gasteiger partial charge on any atom is -0.486 e. The average Bonchev–Trinajstić information content (AvgIpc) is 3.21. The molecule has 1 heterocycles. The number of hydrogen-bond acceptors (Lipinski definition) is 4. The van der Waals surface area contributed by atoms with E-state index in [0.717, 1.165) is 31.2 Å². The molecular weight excluding hydrogens is 373 g/mol. The number of amides is 1. The molecule has 0 saturated heterocycles. The Morgan fingerprint density at radius 1 is 0.931 bits per heavy atom. The molecule has 152 valence electrons. The second-order valence-electron chi connectivity index (χ2n) is 7.63. The van der Waals surface area contributed by atoms with Crippen LogP contribution in [0.3, 0.4) is 0 Å². The van der Waals surface area contributed by atoms with E-state index in [1.165, 1.54) is 12.1 Å². The molecule has 4 rings (SSSR count). The molecule has 2 aromatic rings. The van der Waals surface area contributed by atoms with Gasteiger partial charge < -0.3 is 14.8 Å². The summed E-state index contributed by atoms with van der Waals surface area (Å²) in [6.07, 6.45) is 3.88. The largest absolute Gasteiger partial charge is 0.486 e. The van der Waals surface area contributed by atoms with Gasteiger partial charge in [0, 0.05) is 18.4 Å². The summed E-state index contributed by atoms with van der Waals surface area (Å²) in [7, 11) is 0. The molecule has 0 spiro atoms. The molecule has 29 heavy (non-hydrogen) atoms. The van der Waals surface area contributed by atoms with Gasteiger partial charge in [-0.3, -0.25) is 9.59 Å². The summed E-state index contributed by atoms with van der Waals surface area (Å²) in [5.74, 6) is 0.625. The maximum atomic E-state index is 13.3. The predicted octanol–water partition coefficient (Wildman–Crippen LogP) is 4.15. The number of rotatable bonds is 6. The molecular formula is C23H24FNO4. The smallest absolute Gasteiger partial charge is 0.221 e. The van der Waals surface area contributed by atoms with E-state index in [-0.39, 0.29) is 30.3 Å². The normalized spacial score (nSPS) is 17.0. The fourth-order valence-corrected chi connectivity index (χ4v) is 4.15. The summed E-state index contributed by atoms with van der Waals surface area (Å²) < 4.78 is 24.3. The Kier molecular flexibility index (Phi) is 5.51. The molecule has 1 N–H and O–H groups in total. The number of ketones is 1. The first-order valence-electron chi connectivity index (χ1n) is 10.1. The second kappa shape index (κ2) is 8.23. The van der Waals surface area contributed by atoms with Crippen LogP contribution in [0.1, 0.15) is 54.4 Å². The Hall–Kier alpha value is -2.89. The Labute approximate surface area is 169 Å². The molecule has 6 heteroatoms. The lowest BCUT2D eigenvalue weighted by atomic mass is 9.88. The number of hydrogen-bond donors (Lipinski definition) is 1. The first kappa shape index (κ1) is 19.4. The highest BCUT2D eigenvalue weighted by molar-refractivity contribution is 5.98. The van der Waals surface area contributed by atoms with Crippen LogP contribution in [0.2, 0.25) is 0 Å². The molecule has 1 aliphatic carbocycles. The monoisotopic (exact) mass is 397 g/mol. The van der Waals surface area contributed by atoms with Crippen molar-refractivity contribution in [1.82, 2.24) is 5.32 Å². The van der Waals surface area contributed by atoms with Gasteiger partial charge in [-0.1, -0.05) is 25.0 Å². The van der Waals surface area contributed by atoms with Crippen molar-refractivity contribution in [2.24, 2.45) is 0 Å². The van der Waals surface area contributed by atoms with Crippen LogP contribution in [0.4, 0.5) is 4.39 Å². The summed E-state index contributed by atoms with van der Waals surface area (Å²) in [4.78, 5) is 25.2. The standard InChI is InChI=1S/C23H24FNO4/c24-18-6-4-17(5-7-18)23(11-1-2-12-23)25-22(27)10-8-19(26)16-3-9-20-21(15-16)29-14-13-28-20/h3-7,9,15H,1-2,8,10-14H2,(H,25,27). The molecule has 0 aromatic heterocycles.